The van der Waals surface area contributed by atoms with Gasteiger partial charge in [0.1, 0.15) is 5.75 Å². The van der Waals surface area contributed by atoms with Gasteiger partial charge >= 0.3 is 0 Å². The third-order valence-corrected chi connectivity index (χ3v) is 3.90. The molecule has 1 rings (SSSR count). The summed E-state index contributed by atoms with van der Waals surface area (Å²) in [6.45, 7) is 0. The maximum Gasteiger partial charge on any atom is 0.236 e. The molecular weight excluding hydrogens is 276 g/mol. The van der Waals surface area contributed by atoms with Crippen LogP contribution in [0.4, 0.5) is 0 Å². The first-order valence-corrected chi connectivity index (χ1v) is 8.41. The average Bonchev–Trinajstić information content (AvgIpc) is 2.04. The van der Waals surface area contributed by atoms with E-state index in [0.29, 0.717) is 0 Å². The number of halogens is 1. The van der Waals surface area contributed by atoms with Gasteiger partial charge in [-0.15, -0.1) is 0 Å². The minimum Gasteiger partial charge on any atom is -0.508 e. The maximum absolute atomic E-state index is 11.2. The Balaban J connectivity index is 3.31. The summed E-state index contributed by atoms with van der Waals surface area (Å²) in [5.41, 5.74) is -0.0436. The highest BCUT2D eigenvalue weighted by molar-refractivity contribution is 8.13. The van der Waals surface area contributed by atoms with E-state index in [4.69, 9.17) is 10.7 Å². The molecule has 0 atom stereocenters. The monoisotopic (exact) mass is 284 g/mol. The molecule has 1 N–H and O–H groups in total. The molecule has 0 aromatic heterocycles. The van der Waals surface area contributed by atoms with Gasteiger partial charge < -0.3 is 5.11 Å². The van der Waals surface area contributed by atoms with Gasteiger partial charge in [0.2, 0.25) is 9.05 Å². The van der Waals surface area contributed by atoms with Crippen molar-refractivity contribution in [3.8, 4) is 5.75 Å². The molecule has 5 nitrogen and oxygen atoms in total. The molecule has 0 saturated carbocycles. The van der Waals surface area contributed by atoms with E-state index in [9.17, 15) is 21.9 Å². The van der Waals surface area contributed by atoms with Crippen LogP contribution in [0.5, 0.6) is 5.75 Å². The zero-order valence-electron chi connectivity index (χ0n) is 8.21. The van der Waals surface area contributed by atoms with Crippen molar-refractivity contribution in [2.75, 3.05) is 6.26 Å². The van der Waals surface area contributed by atoms with Gasteiger partial charge in [-0.1, -0.05) is 0 Å². The topological polar surface area (TPSA) is 88.5 Å². The van der Waals surface area contributed by atoms with Crippen molar-refractivity contribution in [1.29, 1.82) is 0 Å². The van der Waals surface area contributed by atoms with Crippen LogP contribution in [0.15, 0.2) is 23.1 Å². The molecule has 0 spiro atoms. The van der Waals surface area contributed by atoms with E-state index in [1.807, 2.05) is 0 Å². The van der Waals surface area contributed by atoms with E-state index in [1.54, 1.807) is 0 Å². The van der Waals surface area contributed by atoms with Gasteiger partial charge in [-0.05, 0) is 18.2 Å². The fourth-order valence-corrected chi connectivity index (χ4v) is 2.72. The number of rotatable bonds is 3. The van der Waals surface area contributed by atoms with Crippen LogP contribution in [0, 0.1) is 0 Å². The number of hydrogen-bond acceptors (Lipinski definition) is 5. The second-order valence-corrected chi connectivity index (χ2v) is 8.04. The SMILES string of the molecule is CS(=O)(=O)c1ccc(O)c(CS(=O)(=O)Cl)c1. The molecule has 0 heterocycles. The summed E-state index contributed by atoms with van der Waals surface area (Å²) in [4.78, 5) is -0.0689. The lowest BCUT2D eigenvalue weighted by atomic mass is 10.2. The van der Waals surface area contributed by atoms with Crippen molar-refractivity contribution in [2.45, 2.75) is 10.6 Å². The lowest BCUT2D eigenvalue weighted by Crippen LogP contribution is -2.01. The van der Waals surface area contributed by atoms with Crippen LogP contribution in [-0.4, -0.2) is 28.2 Å². The van der Waals surface area contributed by atoms with E-state index < -0.39 is 24.6 Å². The second kappa shape index (κ2) is 4.23. The first-order chi connectivity index (χ1) is 7.09. The average molecular weight is 285 g/mol. The molecule has 0 fully saturated rings. The van der Waals surface area contributed by atoms with Crippen LogP contribution in [0.1, 0.15) is 5.56 Å². The summed E-state index contributed by atoms with van der Waals surface area (Å²) >= 11 is 0. The van der Waals surface area contributed by atoms with Gasteiger partial charge in [-0.25, -0.2) is 16.8 Å². The Morgan fingerprint density at radius 2 is 1.81 bits per heavy atom. The van der Waals surface area contributed by atoms with Gasteiger partial charge in [-0.3, -0.25) is 0 Å². The minimum absolute atomic E-state index is 0.0436. The first-order valence-electron chi connectivity index (χ1n) is 4.04. The quantitative estimate of drug-likeness (QED) is 0.832. The molecule has 0 aliphatic heterocycles. The number of phenols is 1. The third-order valence-electron chi connectivity index (χ3n) is 1.81. The molecule has 0 saturated heterocycles. The molecule has 0 bridgehead atoms. The predicted octanol–water partition coefficient (Wildman–Crippen LogP) is 0.864. The molecule has 0 unspecified atom stereocenters. The molecular formula is C8H9ClO5S2. The smallest absolute Gasteiger partial charge is 0.236 e. The Labute approximate surface area is 98.0 Å². The molecule has 0 amide bonds. The number of phenolic OH excluding ortho intramolecular Hbond substituents is 1. The van der Waals surface area contributed by atoms with Crippen LogP contribution in [0.3, 0.4) is 0 Å². The van der Waals surface area contributed by atoms with Gasteiger partial charge in [0, 0.05) is 22.5 Å². The standard InChI is InChI=1S/C8H9ClO5S2/c1-15(11,12)7-2-3-8(10)6(4-7)5-16(9,13)14/h2-4,10H,5H2,1H3. The van der Waals surface area contributed by atoms with Gasteiger partial charge in [0.15, 0.2) is 9.84 Å². The molecule has 0 aliphatic carbocycles. The molecule has 90 valence electrons. The van der Waals surface area contributed by atoms with E-state index in [2.05, 4.69) is 0 Å². The van der Waals surface area contributed by atoms with Crippen LogP contribution in [0.2, 0.25) is 0 Å². The van der Waals surface area contributed by atoms with E-state index in [-0.39, 0.29) is 16.2 Å². The summed E-state index contributed by atoms with van der Waals surface area (Å²) in [6.07, 6.45) is 0.984. The number of hydrogen-bond donors (Lipinski definition) is 1. The van der Waals surface area contributed by atoms with Gasteiger partial charge in [0.25, 0.3) is 0 Å². The van der Waals surface area contributed by atoms with E-state index >= 15 is 0 Å². The Morgan fingerprint density at radius 1 is 1.25 bits per heavy atom. The summed E-state index contributed by atoms with van der Waals surface area (Å²) < 4.78 is 44.0. The third kappa shape index (κ3) is 3.66. The van der Waals surface area contributed by atoms with Crippen LogP contribution < -0.4 is 0 Å². The van der Waals surface area contributed by atoms with Crippen molar-refractivity contribution in [3.63, 3.8) is 0 Å². The summed E-state index contributed by atoms with van der Waals surface area (Å²) in [7, 11) is -2.27. The van der Waals surface area contributed by atoms with Crippen LogP contribution in [0.25, 0.3) is 0 Å². The maximum atomic E-state index is 11.2. The molecule has 1 aromatic carbocycles. The Hall–Kier alpha value is -0.790. The first kappa shape index (κ1) is 13.3. The van der Waals surface area contributed by atoms with Crippen LogP contribution in [-0.2, 0) is 24.6 Å². The van der Waals surface area contributed by atoms with Crippen molar-refractivity contribution in [1.82, 2.24) is 0 Å². The second-order valence-electron chi connectivity index (χ2n) is 3.25. The van der Waals surface area contributed by atoms with Crippen molar-refractivity contribution < 1.29 is 21.9 Å². The number of benzene rings is 1. The van der Waals surface area contributed by atoms with E-state index in [1.165, 1.54) is 6.07 Å². The fourth-order valence-electron chi connectivity index (χ4n) is 1.09. The lowest BCUT2D eigenvalue weighted by Gasteiger charge is -2.04. The van der Waals surface area contributed by atoms with Crippen molar-refractivity contribution in [3.05, 3.63) is 23.8 Å². The van der Waals surface area contributed by atoms with Crippen LogP contribution >= 0.6 is 10.7 Å². The molecule has 8 heteroatoms. The summed E-state index contributed by atoms with van der Waals surface area (Å²) in [5, 5.41) is 9.35. The zero-order valence-corrected chi connectivity index (χ0v) is 10.6. The highest BCUT2D eigenvalue weighted by Crippen LogP contribution is 2.24. The molecule has 0 radical (unpaired) electrons. The largest absolute Gasteiger partial charge is 0.508 e. The summed E-state index contributed by atoms with van der Waals surface area (Å²) in [5.74, 6) is -0.930. The number of sulfone groups is 1. The molecule has 0 aliphatic rings. The predicted molar refractivity (Wildman–Crippen MR) is 59.7 cm³/mol. The Bertz CT molecular complexity index is 603. The zero-order chi connectivity index (χ0) is 12.6. The highest BCUT2D eigenvalue weighted by Gasteiger charge is 2.15. The normalized spacial score (nSPS) is 12.6. The minimum atomic E-state index is -3.84. The fraction of sp³-hybridized carbons (Fsp3) is 0.250. The Kier molecular flexibility index (Phi) is 3.51. The highest BCUT2D eigenvalue weighted by atomic mass is 35.7. The van der Waals surface area contributed by atoms with Gasteiger partial charge in [-0.2, -0.15) is 0 Å². The van der Waals surface area contributed by atoms with Crippen molar-refractivity contribution in [2.24, 2.45) is 0 Å². The van der Waals surface area contributed by atoms with E-state index in [0.717, 1.165) is 18.4 Å². The molecule has 16 heavy (non-hydrogen) atoms. The lowest BCUT2D eigenvalue weighted by molar-refractivity contribution is 0.469. The number of aromatic hydroxyl groups is 1. The molecule has 1 aromatic rings. The van der Waals surface area contributed by atoms with Crippen molar-refractivity contribution >= 4 is 29.6 Å². The summed E-state index contributed by atoms with van der Waals surface area (Å²) in [6, 6.07) is 3.40. The Morgan fingerprint density at radius 3 is 2.25 bits per heavy atom. The van der Waals surface area contributed by atoms with Gasteiger partial charge in [0.05, 0.1) is 10.6 Å².